The maximum Gasteiger partial charge on any atom is 0.255 e. The van der Waals surface area contributed by atoms with Crippen LogP contribution < -0.4 is 10.0 Å². The molecule has 0 aromatic heterocycles. The number of anilines is 1. The Morgan fingerprint density at radius 3 is 2.38 bits per heavy atom. The first kappa shape index (κ1) is 20.4. The maximum atomic E-state index is 12.4. The van der Waals surface area contributed by atoms with Crippen LogP contribution in [-0.4, -0.2) is 20.4 Å². The third-order valence-electron chi connectivity index (χ3n) is 3.94. The second kappa shape index (κ2) is 8.66. The van der Waals surface area contributed by atoms with E-state index in [1.165, 1.54) is 6.07 Å². The van der Waals surface area contributed by atoms with Gasteiger partial charge in [0.2, 0.25) is 10.0 Å². The van der Waals surface area contributed by atoms with Crippen molar-refractivity contribution in [2.45, 2.75) is 44.6 Å². The van der Waals surface area contributed by atoms with Gasteiger partial charge in [-0.1, -0.05) is 24.9 Å². The lowest BCUT2D eigenvalue weighted by molar-refractivity contribution is 0.102. The van der Waals surface area contributed by atoms with Crippen LogP contribution in [0.25, 0.3) is 0 Å². The summed E-state index contributed by atoms with van der Waals surface area (Å²) in [4.78, 5) is 12.5. The number of rotatable bonds is 7. The Labute approximate surface area is 159 Å². The van der Waals surface area contributed by atoms with Crippen LogP contribution in [-0.2, 0) is 10.0 Å². The van der Waals surface area contributed by atoms with E-state index >= 15 is 0 Å². The van der Waals surface area contributed by atoms with Gasteiger partial charge in [0.25, 0.3) is 5.91 Å². The number of hydrogen-bond acceptors (Lipinski definition) is 3. The fourth-order valence-electron chi connectivity index (χ4n) is 2.56. The van der Waals surface area contributed by atoms with Crippen LogP contribution in [0.5, 0.6) is 0 Å². The molecule has 0 saturated carbocycles. The van der Waals surface area contributed by atoms with E-state index in [1.807, 2.05) is 13.8 Å². The van der Waals surface area contributed by atoms with E-state index in [0.717, 1.165) is 12.8 Å². The molecule has 0 fully saturated rings. The second-order valence-corrected chi connectivity index (χ2v) is 8.40. The number of carbonyl (C=O) groups excluding carboxylic acids is 1. The Bertz CT molecular complexity index is 880. The standard InChI is InChI=1S/C19H23ClN2O3S/c1-4-5-14(3)22-26(24,25)17-10-11-18(13(2)12-17)21-19(23)15-6-8-16(20)9-7-15/h6-12,14,22H,4-5H2,1-3H3,(H,21,23)/t14-/m0/s1. The van der Waals surface area contributed by atoms with Crippen molar-refractivity contribution < 1.29 is 13.2 Å². The van der Waals surface area contributed by atoms with Crippen LogP contribution in [0.3, 0.4) is 0 Å². The van der Waals surface area contributed by atoms with Gasteiger partial charge in [-0.15, -0.1) is 0 Å². The van der Waals surface area contributed by atoms with E-state index < -0.39 is 10.0 Å². The average molecular weight is 395 g/mol. The highest BCUT2D eigenvalue weighted by atomic mass is 35.5. The van der Waals surface area contributed by atoms with Gasteiger partial charge in [-0.25, -0.2) is 13.1 Å². The first-order valence-corrected chi connectivity index (χ1v) is 10.3. The summed E-state index contributed by atoms with van der Waals surface area (Å²) in [6.07, 6.45) is 1.67. The summed E-state index contributed by atoms with van der Waals surface area (Å²) in [5.74, 6) is -0.282. The molecule has 1 amide bonds. The number of carbonyl (C=O) groups is 1. The van der Waals surface area contributed by atoms with Crippen molar-refractivity contribution in [2.24, 2.45) is 0 Å². The monoisotopic (exact) mass is 394 g/mol. The third-order valence-corrected chi connectivity index (χ3v) is 5.78. The van der Waals surface area contributed by atoms with Crippen molar-refractivity contribution >= 4 is 33.2 Å². The summed E-state index contributed by atoms with van der Waals surface area (Å²) in [7, 11) is -3.58. The molecule has 0 bridgehead atoms. The Kier molecular flexibility index (Phi) is 6.81. The van der Waals surface area contributed by atoms with Gasteiger partial charge in [-0.2, -0.15) is 0 Å². The number of aryl methyl sites for hydroxylation is 1. The van der Waals surface area contributed by atoms with Crippen molar-refractivity contribution in [1.82, 2.24) is 4.72 Å². The Hall–Kier alpha value is -1.89. The number of nitrogens with one attached hydrogen (secondary N) is 2. The molecule has 2 N–H and O–H groups in total. The Morgan fingerprint density at radius 2 is 1.81 bits per heavy atom. The van der Waals surface area contributed by atoms with Gasteiger partial charge in [0.05, 0.1) is 4.90 Å². The number of benzene rings is 2. The molecule has 0 saturated heterocycles. The minimum atomic E-state index is -3.58. The third kappa shape index (κ3) is 5.30. The molecule has 140 valence electrons. The first-order valence-electron chi connectivity index (χ1n) is 8.43. The summed E-state index contributed by atoms with van der Waals surface area (Å²) in [5.41, 5.74) is 1.70. The van der Waals surface area contributed by atoms with E-state index in [2.05, 4.69) is 10.0 Å². The highest BCUT2D eigenvalue weighted by Gasteiger charge is 2.18. The zero-order valence-electron chi connectivity index (χ0n) is 15.0. The molecule has 5 nitrogen and oxygen atoms in total. The zero-order valence-corrected chi connectivity index (χ0v) is 16.6. The number of hydrogen-bond donors (Lipinski definition) is 2. The predicted octanol–water partition coefficient (Wildman–Crippen LogP) is 4.37. The van der Waals surface area contributed by atoms with Gasteiger partial charge in [0, 0.05) is 22.3 Å². The van der Waals surface area contributed by atoms with E-state index in [0.29, 0.717) is 21.8 Å². The van der Waals surface area contributed by atoms with Crippen LogP contribution in [0, 0.1) is 6.92 Å². The fourth-order valence-corrected chi connectivity index (χ4v) is 4.05. The van der Waals surface area contributed by atoms with Crippen molar-refractivity contribution in [2.75, 3.05) is 5.32 Å². The molecule has 0 spiro atoms. The molecule has 7 heteroatoms. The second-order valence-electron chi connectivity index (χ2n) is 6.25. The quantitative estimate of drug-likeness (QED) is 0.732. The molecule has 1 atom stereocenters. The molecule has 0 aliphatic carbocycles. The Balaban J connectivity index is 2.16. The van der Waals surface area contributed by atoms with Crippen molar-refractivity contribution in [1.29, 1.82) is 0 Å². The lowest BCUT2D eigenvalue weighted by Gasteiger charge is -2.15. The van der Waals surface area contributed by atoms with Crippen molar-refractivity contribution in [3.8, 4) is 0 Å². The van der Waals surface area contributed by atoms with Gasteiger partial charge in [-0.05, 0) is 68.3 Å². The van der Waals surface area contributed by atoms with Crippen molar-refractivity contribution in [3.05, 3.63) is 58.6 Å². The molecule has 2 aromatic carbocycles. The minimum absolute atomic E-state index is 0.130. The summed E-state index contributed by atoms with van der Waals surface area (Å²) < 4.78 is 27.6. The van der Waals surface area contributed by atoms with Gasteiger partial charge >= 0.3 is 0 Å². The SMILES string of the molecule is CCC[C@H](C)NS(=O)(=O)c1ccc(NC(=O)c2ccc(Cl)cc2)c(C)c1. The van der Waals surface area contributed by atoms with E-state index in [-0.39, 0.29) is 16.8 Å². The zero-order chi connectivity index (χ0) is 19.3. The molecule has 2 aromatic rings. The molecule has 0 aliphatic heterocycles. The lowest BCUT2D eigenvalue weighted by Crippen LogP contribution is -2.32. The summed E-state index contributed by atoms with van der Waals surface area (Å²) in [6, 6.07) is 11.1. The van der Waals surface area contributed by atoms with E-state index in [9.17, 15) is 13.2 Å². The first-order chi connectivity index (χ1) is 12.2. The predicted molar refractivity (Wildman–Crippen MR) is 105 cm³/mol. The van der Waals surface area contributed by atoms with Gasteiger partial charge in [0.1, 0.15) is 0 Å². The smallest absolute Gasteiger partial charge is 0.255 e. The largest absolute Gasteiger partial charge is 0.322 e. The number of sulfonamides is 1. The van der Waals surface area contributed by atoms with Crippen LogP contribution in [0.2, 0.25) is 5.02 Å². The topological polar surface area (TPSA) is 75.3 Å². The Morgan fingerprint density at radius 1 is 1.15 bits per heavy atom. The fraction of sp³-hybridized carbons (Fsp3) is 0.316. The normalized spacial score (nSPS) is 12.6. The molecule has 0 unspecified atom stereocenters. The lowest BCUT2D eigenvalue weighted by atomic mass is 10.1. The highest BCUT2D eigenvalue weighted by molar-refractivity contribution is 7.89. The van der Waals surface area contributed by atoms with E-state index in [1.54, 1.807) is 43.3 Å². The van der Waals surface area contributed by atoms with Gasteiger partial charge < -0.3 is 5.32 Å². The average Bonchev–Trinajstić information content (AvgIpc) is 2.56. The minimum Gasteiger partial charge on any atom is -0.322 e. The van der Waals surface area contributed by atoms with Crippen LogP contribution in [0.4, 0.5) is 5.69 Å². The van der Waals surface area contributed by atoms with Crippen LogP contribution in [0.1, 0.15) is 42.6 Å². The molecule has 0 aliphatic rings. The summed E-state index contributed by atoms with van der Waals surface area (Å²) >= 11 is 5.82. The molecule has 0 radical (unpaired) electrons. The van der Waals surface area contributed by atoms with E-state index in [4.69, 9.17) is 11.6 Å². The molecule has 26 heavy (non-hydrogen) atoms. The van der Waals surface area contributed by atoms with Crippen molar-refractivity contribution in [3.63, 3.8) is 0 Å². The molecular weight excluding hydrogens is 372 g/mol. The van der Waals surface area contributed by atoms with Crippen LogP contribution >= 0.6 is 11.6 Å². The molecular formula is C19H23ClN2O3S. The molecule has 0 heterocycles. The number of amides is 1. The maximum absolute atomic E-state index is 12.4. The number of halogens is 1. The highest BCUT2D eigenvalue weighted by Crippen LogP contribution is 2.21. The summed E-state index contributed by atoms with van der Waals surface area (Å²) in [6.45, 7) is 5.60. The van der Waals surface area contributed by atoms with Gasteiger partial charge in [-0.3, -0.25) is 4.79 Å². The summed E-state index contributed by atoms with van der Waals surface area (Å²) in [5, 5.41) is 3.34. The van der Waals surface area contributed by atoms with Crippen LogP contribution in [0.15, 0.2) is 47.4 Å². The van der Waals surface area contributed by atoms with Gasteiger partial charge in [0.15, 0.2) is 0 Å². The molecule has 2 rings (SSSR count).